The van der Waals surface area contributed by atoms with Crippen LogP contribution in [-0.4, -0.2) is 36.9 Å². The van der Waals surface area contributed by atoms with Gasteiger partial charge in [-0.3, -0.25) is 0 Å². The fraction of sp³-hybridized carbons (Fsp3) is 0.238. The Bertz CT molecular complexity index is 1050. The monoisotopic (exact) mass is 560 g/mol. The fourth-order valence-electron chi connectivity index (χ4n) is 2.93. The summed E-state index contributed by atoms with van der Waals surface area (Å²) in [7, 11) is 0. The number of carbonyl (C=O) groups is 1. The molecule has 29 heavy (non-hydrogen) atoms. The predicted octanol–water partition coefficient (Wildman–Crippen LogP) is 6.35. The number of hydrogen-bond donors (Lipinski definition) is 0. The number of unbranched alkanes of at least 4 members (excludes halogenated alkanes) is 1. The van der Waals surface area contributed by atoms with E-state index in [1.54, 1.807) is 29.8 Å². The SMILES string of the molecule is C=CCCCc1cc[se]c1-c1c(Br)c(C(=O)OCC)nn1-c1ccc(Cl)cc1Cl. The number of carbonyl (C=O) groups excluding carboxylic acids is 1. The van der Waals surface area contributed by atoms with Crippen LogP contribution in [0.1, 0.15) is 35.8 Å². The Morgan fingerprint density at radius 2 is 2.17 bits per heavy atom. The Kier molecular flexibility index (Phi) is 7.83. The summed E-state index contributed by atoms with van der Waals surface area (Å²) < 4.78 is 8.69. The molecule has 0 saturated heterocycles. The second-order valence-corrected chi connectivity index (χ2v) is 9.75. The third-order valence-corrected chi connectivity index (χ3v) is 7.56. The van der Waals surface area contributed by atoms with Crippen molar-refractivity contribution in [3.05, 3.63) is 67.6 Å². The van der Waals surface area contributed by atoms with Crippen molar-refractivity contribution in [3.63, 3.8) is 0 Å². The number of allylic oxidation sites excluding steroid dienone is 1. The molecule has 0 amide bonds. The van der Waals surface area contributed by atoms with Gasteiger partial charge >= 0.3 is 195 Å². The van der Waals surface area contributed by atoms with Gasteiger partial charge < -0.3 is 0 Å². The Labute approximate surface area is 194 Å². The molecule has 0 aliphatic rings. The van der Waals surface area contributed by atoms with E-state index < -0.39 is 5.97 Å². The standard InChI is InChI=1S/C21H19BrCl2N2O2Se/c1-3-5-6-7-13-10-11-29-20(13)19-17(22)18(21(27)28-4-2)25-26(19)16-9-8-14(23)12-15(16)24/h3,8-12H,1,4-7H2,2H3. The summed E-state index contributed by atoms with van der Waals surface area (Å²) in [5.74, 6) is -0.475. The average molecular weight is 561 g/mol. The Balaban J connectivity index is 2.18. The van der Waals surface area contributed by atoms with Crippen LogP contribution in [0, 0.1) is 0 Å². The quantitative estimate of drug-likeness (QED) is 0.139. The van der Waals surface area contributed by atoms with Crippen molar-refractivity contribution in [1.82, 2.24) is 9.78 Å². The van der Waals surface area contributed by atoms with Gasteiger partial charge in [-0.25, -0.2) is 0 Å². The fourth-order valence-corrected chi connectivity index (χ4v) is 6.40. The second-order valence-electron chi connectivity index (χ2n) is 6.20. The van der Waals surface area contributed by atoms with Crippen molar-refractivity contribution >= 4 is 59.6 Å². The maximum absolute atomic E-state index is 12.5. The molecule has 8 heteroatoms. The number of halogens is 3. The first-order chi connectivity index (χ1) is 14.0. The van der Waals surface area contributed by atoms with Crippen LogP contribution in [0.25, 0.3) is 15.8 Å². The van der Waals surface area contributed by atoms with Gasteiger partial charge in [0.05, 0.1) is 0 Å². The van der Waals surface area contributed by atoms with E-state index in [4.69, 9.17) is 27.9 Å². The number of nitrogens with zero attached hydrogens (tertiary/aromatic N) is 2. The summed E-state index contributed by atoms with van der Waals surface area (Å²) in [4.78, 5) is 14.7. The molecule has 3 rings (SSSR count). The molecule has 0 aliphatic carbocycles. The number of aromatic nitrogens is 2. The topological polar surface area (TPSA) is 44.1 Å². The molecule has 0 atom stereocenters. The van der Waals surface area contributed by atoms with Crippen LogP contribution in [0.3, 0.4) is 0 Å². The van der Waals surface area contributed by atoms with E-state index in [0.717, 1.165) is 25.0 Å². The van der Waals surface area contributed by atoms with Gasteiger partial charge in [-0.2, -0.15) is 0 Å². The van der Waals surface area contributed by atoms with E-state index in [2.05, 4.69) is 38.6 Å². The zero-order chi connectivity index (χ0) is 21.0. The molecule has 0 spiro atoms. The first-order valence-electron chi connectivity index (χ1n) is 9.06. The Hall–Kier alpha value is -1.30. The normalized spacial score (nSPS) is 10.9. The minimum atomic E-state index is -0.475. The molecular formula is C21H19BrCl2N2O2Se. The van der Waals surface area contributed by atoms with E-state index >= 15 is 0 Å². The predicted molar refractivity (Wildman–Crippen MR) is 123 cm³/mol. The van der Waals surface area contributed by atoms with Gasteiger partial charge in [-0.1, -0.05) is 0 Å². The van der Waals surface area contributed by atoms with Gasteiger partial charge in [0, 0.05) is 0 Å². The van der Waals surface area contributed by atoms with Crippen molar-refractivity contribution in [2.24, 2.45) is 0 Å². The van der Waals surface area contributed by atoms with Crippen molar-refractivity contribution in [2.45, 2.75) is 26.2 Å². The van der Waals surface area contributed by atoms with Crippen LogP contribution < -0.4 is 0 Å². The number of hydrogen-bond acceptors (Lipinski definition) is 3. The minimum absolute atomic E-state index is 0.120. The molecule has 0 unspecified atom stereocenters. The van der Waals surface area contributed by atoms with Gasteiger partial charge in [0.15, 0.2) is 0 Å². The molecular weight excluding hydrogens is 542 g/mol. The third-order valence-electron chi connectivity index (χ3n) is 4.25. The van der Waals surface area contributed by atoms with E-state index in [1.807, 2.05) is 6.08 Å². The Morgan fingerprint density at radius 3 is 2.86 bits per heavy atom. The average Bonchev–Trinajstić information content (AvgIpc) is 3.26. The zero-order valence-electron chi connectivity index (χ0n) is 15.8. The first kappa shape index (κ1) is 22.4. The Morgan fingerprint density at radius 1 is 1.38 bits per heavy atom. The van der Waals surface area contributed by atoms with E-state index in [9.17, 15) is 4.79 Å². The summed E-state index contributed by atoms with van der Waals surface area (Å²) in [6.07, 6.45) is 4.83. The summed E-state index contributed by atoms with van der Waals surface area (Å²) in [5, 5.41) is 5.55. The zero-order valence-corrected chi connectivity index (χ0v) is 20.6. The number of benzene rings is 1. The molecule has 0 fully saturated rings. The summed E-state index contributed by atoms with van der Waals surface area (Å²) >= 11 is 16.3. The van der Waals surface area contributed by atoms with Crippen LogP contribution in [0.5, 0.6) is 0 Å². The van der Waals surface area contributed by atoms with Gasteiger partial charge in [-0.15, -0.1) is 0 Å². The molecule has 0 N–H and O–H groups in total. The van der Waals surface area contributed by atoms with E-state index in [1.165, 1.54) is 10.0 Å². The number of rotatable bonds is 8. The molecule has 2 aromatic heterocycles. The first-order valence-corrected chi connectivity index (χ1v) is 12.5. The van der Waals surface area contributed by atoms with Gasteiger partial charge in [0.2, 0.25) is 0 Å². The molecule has 0 saturated carbocycles. The van der Waals surface area contributed by atoms with Gasteiger partial charge in [0.25, 0.3) is 0 Å². The molecule has 4 nitrogen and oxygen atoms in total. The molecule has 1 aromatic carbocycles. The van der Waals surface area contributed by atoms with Crippen molar-refractivity contribution in [2.75, 3.05) is 6.61 Å². The molecule has 152 valence electrons. The molecule has 2 heterocycles. The number of aryl methyl sites for hydroxylation is 1. The summed E-state index contributed by atoms with van der Waals surface area (Å²) in [5.41, 5.74) is 2.96. The molecule has 3 aromatic rings. The summed E-state index contributed by atoms with van der Waals surface area (Å²) in [6, 6.07) is 7.38. The van der Waals surface area contributed by atoms with Gasteiger partial charge in [-0.05, 0) is 0 Å². The van der Waals surface area contributed by atoms with Crippen LogP contribution in [0.15, 0.2) is 46.3 Å². The van der Waals surface area contributed by atoms with E-state index in [-0.39, 0.29) is 26.8 Å². The second kappa shape index (κ2) is 10.1. The van der Waals surface area contributed by atoms with Gasteiger partial charge in [0.1, 0.15) is 0 Å². The number of esters is 1. The van der Waals surface area contributed by atoms with Crippen molar-refractivity contribution < 1.29 is 9.53 Å². The van der Waals surface area contributed by atoms with Crippen LogP contribution in [-0.2, 0) is 11.2 Å². The third kappa shape index (κ3) is 4.89. The van der Waals surface area contributed by atoms with Crippen LogP contribution >= 0.6 is 39.1 Å². The number of ether oxygens (including phenoxy) is 1. The summed E-state index contributed by atoms with van der Waals surface area (Å²) in [6.45, 7) is 5.84. The molecule has 0 aliphatic heterocycles. The van der Waals surface area contributed by atoms with Crippen molar-refractivity contribution in [3.8, 4) is 15.8 Å². The van der Waals surface area contributed by atoms with Crippen molar-refractivity contribution in [1.29, 1.82) is 0 Å². The maximum atomic E-state index is 12.5. The molecule has 0 bridgehead atoms. The van der Waals surface area contributed by atoms with Crippen LogP contribution in [0.4, 0.5) is 0 Å². The molecule has 0 radical (unpaired) electrons. The van der Waals surface area contributed by atoms with Crippen LogP contribution in [0.2, 0.25) is 10.0 Å². The van der Waals surface area contributed by atoms with E-state index in [0.29, 0.717) is 20.2 Å².